The van der Waals surface area contributed by atoms with Crippen LogP contribution in [0.1, 0.15) is 53.2 Å². The Hall–Kier alpha value is -2.93. The van der Waals surface area contributed by atoms with Crippen LogP contribution in [0.4, 0.5) is 0 Å². The van der Waals surface area contributed by atoms with Crippen molar-refractivity contribution in [3.8, 4) is 6.07 Å². The van der Waals surface area contributed by atoms with E-state index in [-0.39, 0.29) is 24.5 Å². The monoisotopic (exact) mass is 348 g/mol. The van der Waals surface area contributed by atoms with Crippen LogP contribution in [-0.4, -0.2) is 23.1 Å². The minimum absolute atomic E-state index is 0.00632. The zero-order valence-corrected chi connectivity index (χ0v) is 15.4. The molecule has 0 aliphatic rings. The van der Waals surface area contributed by atoms with Gasteiger partial charge in [0, 0.05) is 31.5 Å². The first-order valence-corrected chi connectivity index (χ1v) is 8.90. The van der Waals surface area contributed by atoms with Crippen molar-refractivity contribution in [2.45, 2.75) is 39.7 Å². The van der Waals surface area contributed by atoms with E-state index >= 15 is 0 Å². The minimum atomic E-state index is -0.0170. The molecule has 0 saturated heterocycles. The summed E-state index contributed by atoms with van der Waals surface area (Å²) in [5, 5.41) is 8.87. The first kappa shape index (κ1) is 19.4. The number of ketones is 1. The predicted molar refractivity (Wildman–Crippen MR) is 102 cm³/mol. The van der Waals surface area contributed by atoms with Gasteiger partial charge in [0.25, 0.3) is 0 Å². The Morgan fingerprint density at radius 1 is 1.00 bits per heavy atom. The third-order valence-corrected chi connectivity index (χ3v) is 4.24. The van der Waals surface area contributed by atoms with Crippen molar-refractivity contribution in [3.05, 3.63) is 70.8 Å². The first-order chi connectivity index (χ1) is 12.5. The summed E-state index contributed by atoms with van der Waals surface area (Å²) in [6, 6.07) is 16.8. The van der Waals surface area contributed by atoms with Crippen molar-refractivity contribution in [2.75, 3.05) is 6.54 Å². The molecule has 2 rings (SSSR count). The van der Waals surface area contributed by atoms with Crippen molar-refractivity contribution in [3.63, 3.8) is 0 Å². The molecule has 0 radical (unpaired) electrons. The molecule has 0 heterocycles. The second-order valence-corrected chi connectivity index (χ2v) is 6.41. The predicted octanol–water partition coefficient (Wildman–Crippen LogP) is 4.27. The van der Waals surface area contributed by atoms with E-state index in [0.717, 1.165) is 17.5 Å². The lowest BCUT2D eigenvalue weighted by Gasteiger charge is -2.22. The smallest absolute Gasteiger partial charge is 0.223 e. The molecule has 4 nitrogen and oxygen atoms in total. The minimum Gasteiger partial charge on any atom is -0.338 e. The highest BCUT2D eigenvalue weighted by Crippen LogP contribution is 2.12. The number of nitrogens with zero attached hydrogens (tertiary/aromatic N) is 2. The fourth-order valence-corrected chi connectivity index (χ4v) is 2.73. The number of amides is 1. The van der Waals surface area contributed by atoms with Gasteiger partial charge in [-0.1, -0.05) is 48.9 Å². The fraction of sp³-hybridized carbons (Fsp3) is 0.318. The molecule has 0 aromatic heterocycles. The van der Waals surface area contributed by atoms with E-state index in [1.165, 1.54) is 0 Å². The molecule has 0 bridgehead atoms. The Morgan fingerprint density at radius 3 is 2.23 bits per heavy atom. The van der Waals surface area contributed by atoms with Gasteiger partial charge in [-0.25, -0.2) is 0 Å². The normalized spacial score (nSPS) is 10.2. The van der Waals surface area contributed by atoms with E-state index in [9.17, 15) is 9.59 Å². The number of rotatable bonds is 8. The summed E-state index contributed by atoms with van der Waals surface area (Å²) in [4.78, 5) is 26.6. The SMILES string of the molecule is CCCN(Cc1ccc(C#N)cc1)C(=O)CCC(=O)c1ccc(C)cc1. The van der Waals surface area contributed by atoms with Crippen molar-refractivity contribution in [1.29, 1.82) is 5.26 Å². The molecule has 0 fully saturated rings. The van der Waals surface area contributed by atoms with E-state index in [1.54, 1.807) is 17.0 Å². The van der Waals surface area contributed by atoms with E-state index in [0.29, 0.717) is 24.2 Å². The van der Waals surface area contributed by atoms with Crippen LogP contribution in [0.15, 0.2) is 48.5 Å². The van der Waals surface area contributed by atoms with Crippen LogP contribution < -0.4 is 0 Å². The number of aryl methyl sites for hydroxylation is 1. The molecule has 0 aliphatic carbocycles. The van der Waals surface area contributed by atoms with Gasteiger partial charge in [0.2, 0.25) is 5.91 Å². The second kappa shape index (κ2) is 9.53. The molecule has 0 aliphatic heterocycles. The molecule has 2 aromatic carbocycles. The van der Waals surface area contributed by atoms with Gasteiger partial charge in [0.15, 0.2) is 5.78 Å². The lowest BCUT2D eigenvalue weighted by atomic mass is 10.0. The third-order valence-electron chi connectivity index (χ3n) is 4.24. The fourth-order valence-electron chi connectivity index (χ4n) is 2.73. The highest BCUT2D eigenvalue weighted by molar-refractivity contribution is 5.97. The molecule has 0 N–H and O–H groups in total. The van der Waals surface area contributed by atoms with Gasteiger partial charge in [-0.15, -0.1) is 0 Å². The van der Waals surface area contributed by atoms with E-state index < -0.39 is 0 Å². The molecular formula is C22H24N2O2. The second-order valence-electron chi connectivity index (χ2n) is 6.41. The first-order valence-electron chi connectivity index (χ1n) is 8.90. The highest BCUT2D eigenvalue weighted by atomic mass is 16.2. The van der Waals surface area contributed by atoms with Crippen molar-refractivity contribution in [1.82, 2.24) is 4.90 Å². The van der Waals surface area contributed by atoms with Crippen molar-refractivity contribution < 1.29 is 9.59 Å². The summed E-state index contributed by atoms with van der Waals surface area (Å²) in [5.41, 5.74) is 3.34. The Labute approximate surface area is 155 Å². The van der Waals surface area contributed by atoms with E-state index in [1.807, 2.05) is 50.2 Å². The van der Waals surface area contributed by atoms with E-state index in [4.69, 9.17) is 5.26 Å². The summed E-state index contributed by atoms with van der Waals surface area (Å²) < 4.78 is 0. The molecule has 134 valence electrons. The maximum absolute atomic E-state index is 12.6. The topological polar surface area (TPSA) is 61.2 Å². The van der Waals surface area contributed by atoms with Crippen LogP contribution in [-0.2, 0) is 11.3 Å². The molecule has 2 aromatic rings. The highest BCUT2D eigenvalue weighted by Gasteiger charge is 2.15. The lowest BCUT2D eigenvalue weighted by molar-refractivity contribution is -0.131. The summed E-state index contributed by atoms with van der Waals surface area (Å²) in [7, 11) is 0. The quantitative estimate of drug-likeness (QED) is 0.669. The van der Waals surface area contributed by atoms with Crippen LogP contribution in [0.2, 0.25) is 0 Å². The molecular weight excluding hydrogens is 324 g/mol. The molecule has 26 heavy (non-hydrogen) atoms. The van der Waals surface area contributed by atoms with Crippen LogP contribution in [0.25, 0.3) is 0 Å². The lowest BCUT2D eigenvalue weighted by Crippen LogP contribution is -2.31. The third kappa shape index (κ3) is 5.56. The average Bonchev–Trinajstić information content (AvgIpc) is 2.66. The maximum atomic E-state index is 12.6. The zero-order valence-electron chi connectivity index (χ0n) is 15.4. The van der Waals surface area contributed by atoms with Crippen LogP contribution in [0, 0.1) is 18.3 Å². The number of hydrogen-bond donors (Lipinski definition) is 0. The Bertz CT molecular complexity index is 786. The Kier molecular flexibility index (Phi) is 7.11. The maximum Gasteiger partial charge on any atom is 0.223 e. The van der Waals surface area contributed by atoms with Crippen LogP contribution in [0.5, 0.6) is 0 Å². The molecule has 0 atom stereocenters. The molecule has 1 amide bonds. The number of nitriles is 1. The summed E-state index contributed by atoms with van der Waals surface area (Å²) in [6.45, 7) is 5.15. The number of carbonyl (C=O) groups is 2. The molecule has 0 spiro atoms. The number of benzene rings is 2. The summed E-state index contributed by atoms with van der Waals surface area (Å²) in [6.07, 6.45) is 1.28. The number of Topliss-reactive ketones (excluding diaryl/α,β-unsaturated/α-hetero) is 1. The van der Waals surface area contributed by atoms with Gasteiger partial charge in [-0.05, 0) is 31.0 Å². The van der Waals surface area contributed by atoms with E-state index in [2.05, 4.69) is 6.07 Å². The molecule has 0 unspecified atom stereocenters. The summed E-state index contributed by atoms with van der Waals surface area (Å²) >= 11 is 0. The average molecular weight is 348 g/mol. The molecule has 4 heteroatoms. The Morgan fingerprint density at radius 2 is 1.65 bits per heavy atom. The molecule has 0 saturated carbocycles. The van der Waals surface area contributed by atoms with Crippen LogP contribution >= 0.6 is 0 Å². The Balaban J connectivity index is 1.95. The van der Waals surface area contributed by atoms with Gasteiger partial charge in [0.1, 0.15) is 0 Å². The summed E-state index contributed by atoms with van der Waals surface area (Å²) in [5.74, 6) is -0.0233. The van der Waals surface area contributed by atoms with Crippen LogP contribution in [0.3, 0.4) is 0 Å². The zero-order chi connectivity index (χ0) is 18.9. The van der Waals surface area contributed by atoms with Crippen molar-refractivity contribution >= 4 is 11.7 Å². The van der Waals surface area contributed by atoms with Gasteiger partial charge in [0.05, 0.1) is 11.6 Å². The van der Waals surface area contributed by atoms with Crippen molar-refractivity contribution in [2.24, 2.45) is 0 Å². The number of hydrogen-bond acceptors (Lipinski definition) is 3. The van der Waals surface area contributed by atoms with Gasteiger partial charge in [-0.2, -0.15) is 5.26 Å². The largest absolute Gasteiger partial charge is 0.338 e. The standard InChI is InChI=1S/C22H24N2O2/c1-3-14-24(16-19-8-6-18(15-23)7-9-19)22(26)13-12-21(25)20-10-4-17(2)5-11-20/h4-11H,3,12-14,16H2,1-2H3. The van der Waals surface area contributed by atoms with Gasteiger partial charge >= 0.3 is 0 Å². The van der Waals surface area contributed by atoms with Gasteiger partial charge in [-0.3, -0.25) is 9.59 Å². The number of carbonyl (C=O) groups excluding carboxylic acids is 2. The van der Waals surface area contributed by atoms with Gasteiger partial charge < -0.3 is 4.90 Å².